The number of rotatable bonds is 22. The molecule has 0 amide bonds. The average molecular weight is 2030 g/mol. The lowest BCUT2D eigenvalue weighted by atomic mass is 9.75. The van der Waals surface area contributed by atoms with Gasteiger partial charge in [0.15, 0.2) is 69.0 Å². The molecule has 12 aliphatic rings. The molecular weight excluding hydrogens is 1770 g/mol. The van der Waals surface area contributed by atoms with Crippen LogP contribution in [0.1, 0.15) is 389 Å². The normalized spacial score (nSPS) is 48.0. The molecule has 18 unspecified atom stereocenters. The zero-order valence-electron chi connectivity index (χ0n) is 163. The third-order valence-electron chi connectivity index (χ3n) is 23.1. The fraction of sp³-hybridized carbons (Fsp3) is 0.690. The van der Waals surface area contributed by atoms with Gasteiger partial charge in [-0.3, -0.25) is 29.4 Å². The predicted octanol–water partition coefficient (Wildman–Crippen LogP) is 19.0. The number of hydrogen-bond donors (Lipinski definition) is 6. The Kier molecular flexibility index (Phi) is 15.5. The number of methoxy groups -OCH3 is 12. The van der Waals surface area contributed by atoms with Crippen LogP contribution in [0.25, 0.3) is 0 Å². The van der Waals surface area contributed by atoms with E-state index >= 15 is 0 Å². The maximum Gasteiger partial charge on any atom is 0.161 e. The topological polar surface area (TPSA) is 252 Å². The first-order valence-corrected chi connectivity index (χ1v) is 44.7. The highest BCUT2D eigenvalue weighted by atomic mass is 16.5. The Morgan fingerprint density at radius 1 is 0.321 bits per heavy atom. The molecule has 18 atom stereocenters. The van der Waals surface area contributed by atoms with Crippen molar-refractivity contribution in [2.24, 2.45) is 69.9 Å². The molecule has 24 heteroatoms. The highest BCUT2D eigenvalue weighted by Crippen LogP contribution is 2.53. The Hall–Kier alpha value is -7.56. The number of hydrogen-bond acceptors (Lipinski definition) is 24. The number of piperidine rings is 6. The lowest BCUT2D eigenvalue weighted by molar-refractivity contribution is -0.0259. The monoisotopic (exact) mass is 2030 g/mol. The van der Waals surface area contributed by atoms with Crippen LogP contribution in [-0.2, 0) is 38.2 Å². The van der Waals surface area contributed by atoms with E-state index in [4.69, 9.17) is 165 Å². The first-order chi connectivity index (χ1) is 98.7. The molecule has 780 valence electrons. The Balaban J connectivity index is 0.000000213. The second-order valence-electron chi connectivity index (χ2n) is 35.7. The van der Waals surface area contributed by atoms with E-state index in [0.717, 1.165) is 45.3 Å². The van der Waals surface area contributed by atoms with Crippen molar-refractivity contribution in [2.45, 2.75) is 284 Å². The van der Waals surface area contributed by atoms with Gasteiger partial charge in [-0.15, -0.1) is 0 Å². The molecule has 6 N–H and O–H groups in total. The van der Waals surface area contributed by atoms with Gasteiger partial charge < -0.3 is 87.5 Å². The minimum absolute atomic E-state index is 0.0296. The molecule has 12 aliphatic heterocycles. The van der Waals surface area contributed by atoms with Crippen LogP contribution in [-0.4, -0.2) is 260 Å². The fourth-order valence-corrected chi connectivity index (χ4v) is 16.8. The lowest BCUT2D eigenvalue weighted by Gasteiger charge is -2.47. The van der Waals surface area contributed by atoms with Crippen molar-refractivity contribution in [1.29, 1.82) is 0 Å². The van der Waals surface area contributed by atoms with Crippen molar-refractivity contribution < 1.29 is 200 Å². The molecule has 18 rings (SSSR count). The summed E-state index contributed by atoms with van der Waals surface area (Å²) < 4.78 is 755. The molecule has 0 spiro atoms. The maximum atomic E-state index is 11.6. The second kappa shape index (κ2) is 48.6. The third-order valence-corrected chi connectivity index (χ3v) is 23.1. The zero-order chi connectivity index (χ0) is 173. The molecular formula is C116H178N6O18. The van der Waals surface area contributed by atoms with E-state index in [1.54, 1.807) is 13.8 Å². The van der Waals surface area contributed by atoms with Gasteiger partial charge in [0.05, 0.1) is 159 Å². The predicted molar refractivity (Wildman–Crippen MR) is 556 cm³/mol. The molecule has 0 aromatic heterocycles. The van der Waals surface area contributed by atoms with Crippen LogP contribution in [0.5, 0.6) is 69.0 Å². The molecule has 0 aliphatic carbocycles. The van der Waals surface area contributed by atoms with E-state index in [1.165, 1.54) is 28.4 Å². The molecule has 0 bridgehead atoms. The number of ether oxygens (including phenoxy) is 12. The molecule has 24 nitrogen and oxygen atoms in total. The quantitative estimate of drug-likeness (QED) is 0.0369. The minimum atomic E-state index is -4.42. The summed E-state index contributed by atoms with van der Waals surface area (Å²) in [5, 5.41) is 66.9. The van der Waals surface area contributed by atoms with Crippen LogP contribution >= 0.6 is 0 Å². The van der Waals surface area contributed by atoms with Crippen molar-refractivity contribution >= 4 is 0 Å². The van der Waals surface area contributed by atoms with Gasteiger partial charge >= 0.3 is 0 Å². The van der Waals surface area contributed by atoms with Crippen LogP contribution in [0.2, 0.25) is 0 Å². The highest BCUT2D eigenvalue weighted by molar-refractivity contribution is 5.55. The minimum Gasteiger partial charge on any atom is -0.493 e. The van der Waals surface area contributed by atoms with Gasteiger partial charge in [0.25, 0.3) is 0 Å². The Bertz CT molecular complexity index is 9010. The SMILES string of the molecule is [2H]c1c(OC([2H])([2H])[2H])c(OC)c([2H])c2c1C1CC(O)C(CC(C)C)C([2H])([2H])N1C([2H])([2H])C2([2H])[2H].[2H]c1c(OC)c(OC([2H])([2H])[2H])c([2H])c2c1C([2H])([2H])C([2H])([2H])N1CC([2H])(C([2H])([2H])C(C)(C([2H])([2H])[2H])C([2H])([2H])[2H])C([2H])(O)C([2H])([2H])C21[2H].[2H]c1c(OC)c(OC([2H])([2H])[2H])c([2H])c2c1C([2H])([2H])C([2H])([2H])N1CC([2H])(CC(C)C)C([2H])(O)C([2H])([2H])C21[2H].[2H]c1c(OC)c(OC)c([2H])c2c1C([2H])([2H])C([2H])([2H])N1CC([2H])(C([2H])([2H])C(C)(C([2H])([2H])[2H])C([2H])([2H])[2H])C([2H])(O)C([2H])([2H])C21[2H].[2H]c1c(OC)c(OC)c([2H])c2c1C1CC(O)C(CC(C)C)C([2H])([2H])N1C([2H])([2H])C2([2H])[2H].[2H]c1c(OC)c(OC)c([2H])c2c1C1CC(O)C(CC(C)C)C([2H])([2H])N1C([2H])([2H])C2([2H])[2H]. The number of fused-ring (bicyclic) bond motifs is 18. The summed E-state index contributed by atoms with van der Waals surface area (Å²) in [6.45, 7) is -31.8. The molecule has 6 fully saturated rings. The van der Waals surface area contributed by atoms with Crippen molar-refractivity contribution in [3.05, 3.63) is 139 Å². The van der Waals surface area contributed by atoms with E-state index in [0.29, 0.717) is 23.6 Å². The van der Waals surface area contributed by atoms with Gasteiger partial charge in [-0.1, -0.05) is 96.6 Å². The molecule has 6 aromatic carbocycles. The van der Waals surface area contributed by atoms with Gasteiger partial charge in [0.2, 0.25) is 0 Å². The average Bonchev–Trinajstić information content (AvgIpc) is 0.638. The van der Waals surface area contributed by atoms with Gasteiger partial charge in [0, 0.05) is 190 Å². The van der Waals surface area contributed by atoms with Crippen LogP contribution in [0.4, 0.5) is 0 Å². The number of aliphatic hydroxyl groups is 6. The van der Waals surface area contributed by atoms with Crippen LogP contribution in [0.3, 0.4) is 0 Å². The summed E-state index contributed by atoms with van der Waals surface area (Å²) in [6, 6.07) is -23.8. The Morgan fingerprint density at radius 2 is 0.536 bits per heavy atom. The summed E-state index contributed by atoms with van der Waals surface area (Å²) in [5.74, 6) is -20.6. The van der Waals surface area contributed by atoms with Crippen molar-refractivity contribution in [2.75, 3.05) is 163 Å². The van der Waals surface area contributed by atoms with Crippen molar-refractivity contribution in [1.82, 2.24) is 29.4 Å². The zero-order valence-corrected chi connectivity index (χ0v) is 80.8. The molecule has 12 heterocycles. The van der Waals surface area contributed by atoms with E-state index in [9.17, 15) is 34.8 Å². The third kappa shape index (κ3) is 26.3. The van der Waals surface area contributed by atoms with Crippen LogP contribution in [0.15, 0.2) is 72.5 Å². The van der Waals surface area contributed by atoms with Crippen molar-refractivity contribution in [3.63, 3.8) is 0 Å². The summed E-state index contributed by atoms with van der Waals surface area (Å²) in [4.78, 5) is 2.43. The van der Waals surface area contributed by atoms with Crippen molar-refractivity contribution in [3.8, 4) is 69.0 Å². The van der Waals surface area contributed by atoms with Gasteiger partial charge in [-0.25, -0.2) is 0 Å². The first-order valence-electron chi connectivity index (χ1n) is 85.7. The van der Waals surface area contributed by atoms with Gasteiger partial charge in [-0.05, 0) is 324 Å². The smallest absolute Gasteiger partial charge is 0.161 e. The largest absolute Gasteiger partial charge is 0.493 e. The maximum absolute atomic E-state index is 11.6. The first kappa shape index (κ1) is 44.6. The van der Waals surface area contributed by atoms with E-state index in [2.05, 4.69) is 0 Å². The lowest BCUT2D eigenvalue weighted by Crippen LogP contribution is -2.48. The van der Waals surface area contributed by atoms with Gasteiger partial charge in [0.1, 0.15) is 0 Å². The van der Waals surface area contributed by atoms with E-state index in [-0.39, 0.29) is 135 Å². The summed E-state index contributed by atoms with van der Waals surface area (Å²) in [6.07, 6.45) is -54.9. The fourth-order valence-electron chi connectivity index (χ4n) is 16.8. The van der Waals surface area contributed by atoms with Crippen LogP contribution < -0.4 is 56.8 Å². The molecule has 0 saturated carbocycles. The van der Waals surface area contributed by atoms with E-state index in [1.807, 2.05) is 41.5 Å². The molecule has 0 radical (unpaired) electrons. The van der Waals surface area contributed by atoms with E-state index < -0.39 is 467 Å². The molecule has 6 saturated heterocycles. The highest BCUT2D eigenvalue weighted by Gasteiger charge is 2.47. The second-order valence-corrected chi connectivity index (χ2v) is 35.7. The number of aliphatic hydroxyl groups excluding tert-OH is 3. The summed E-state index contributed by atoms with van der Waals surface area (Å²) in [5.41, 5.74) is -15.8. The standard InChI is InChI=1S/2C20H31NO3.4C19H29NO3/c2*1-20(2,3)11-14-12-21-7-6-13-8-18(23-4)19(24-5)9-15(13)16(21)10-17(14)22;4*1-12(2)7-14-11-20-6-5-13-8-18(22-3)19(23-4)9-15(13)16(20)10-17(14)21/h2*8-9,14,16-17,22H,6-7,10-12H2,1-5H3;4*8-9,12,14,16-17,21H,5-7,10-11H2,1-4H3/i1D3,2D3,5D3,6D2,7D2,8D,9D,10D2,11D2,14D,16D,17D;1D3,2D3,6D2,7D2,8D,9D,10D2,11D2,14D,16D,17D;4D3,5D2,6D2,8D,9D,10D2,14D,16D,17D;4D3,5D2,6D2,8D,9D,11D2;2*5D2,6D2,8D,9D,11D2. The molecule has 6 aromatic rings. The Labute approximate surface area is 955 Å². The Morgan fingerprint density at radius 3 is 0.771 bits per heavy atom. The number of benzene rings is 6. The van der Waals surface area contributed by atoms with Gasteiger partial charge in [-0.2, -0.15) is 0 Å². The van der Waals surface area contributed by atoms with Crippen LogP contribution in [0, 0.1) is 69.9 Å². The summed E-state index contributed by atoms with van der Waals surface area (Å²) >= 11 is 0. The summed E-state index contributed by atoms with van der Waals surface area (Å²) in [7, 11) is 0.353. The number of nitrogens with zero attached hydrogens (tertiary/aromatic N) is 6. The molecule has 140 heavy (non-hydrogen) atoms.